The Morgan fingerprint density at radius 1 is 1.88 bits per heavy atom. The van der Waals surface area contributed by atoms with Crippen molar-refractivity contribution in [3.05, 3.63) is 0 Å². The van der Waals surface area contributed by atoms with Crippen LogP contribution in [-0.4, -0.2) is 16.0 Å². The minimum absolute atomic E-state index is 0.343. The van der Waals surface area contributed by atoms with Gasteiger partial charge >= 0.3 is 0 Å². The summed E-state index contributed by atoms with van der Waals surface area (Å²) in [4.78, 5) is 0.608. The molecule has 8 heavy (non-hydrogen) atoms. The Labute approximate surface area is 60.0 Å². The van der Waals surface area contributed by atoms with Crippen molar-refractivity contribution in [1.29, 1.82) is 0 Å². The van der Waals surface area contributed by atoms with E-state index in [0.29, 0.717) is 10.2 Å². The molecule has 0 radical (unpaired) electrons. The highest BCUT2D eigenvalue weighted by molar-refractivity contribution is 8.01. The number of rotatable bonds is 3. The van der Waals surface area contributed by atoms with Crippen LogP contribution in [0.5, 0.6) is 0 Å². The van der Waals surface area contributed by atoms with E-state index in [-0.39, 0.29) is 0 Å². The third kappa shape index (κ3) is 3.27. The summed E-state index contributed by atoms with van der Waals surface area (Å²) in [6, 6.07) is 0. The Balaban J connectivity index is 3.32. The molecule has 2 N–H and O–H groups in total. The summed E-state index contributed by atoms with van der Waals surface area (Å²) in [6.45, 7) is 4.12. The SMILES string of the molecule is CCSC(C)C(N)=S. The van der Waals surface area contributed by atoms with E-state index in [9.17, 15) is 0 Å². The summed E-state index contributed by atoms with van der Waals surface area (Å²) in [7, 11) is 0. The topological polar surface area (TPSA) is 26.0 Å². The fourth-order valence-corrected chi connectivity index (χ4v) is 1.20. The van der Waals surface area contributed by atoms with Crippen LogP contribution in [0.2, 0.25) is 0 Å². The highest BCUT2D eigenvalue weighted by Gasteiger charge is 2.01. The lowest BCUT2D eigenvalue weighted by molar-refractivity contribution is 1.30. The van der Waals surface area contributed by atoms with E-state index in [4.69, 9.17) is 18.0 Å². The minimum atomic E-state index is 0.343. The fourth-order valence-electron chi connectivity index (χ4n) is 0.332. The lowest BCUT2D eigenvalue weighted by Gasteiger charge is -2.04. The predicted octanol–water partition coefficient (Wildman–Crippen LogP) is 1.41. The first-order valence-corrected chi connectivity index (χ1v) is 4.05. The third-order valence-electron chi connectivity index (χ3n) is 0.817. The average molecular weight is 149 g/mol. The smallest absolute Gasteiger partial charge is 0.0856 e. The van der Waals surface area contributed by atoms with E-state index >= 15 is 0 Å². The van der Waals surface area contributed by atoms with Gasteiger partial charge in [0.15, 0.2) is 0 Å². The van der Waals surface area contributed by atoms with Crippen molar-refractivity contribution in [2.75, 3.05) is 5.75 Å². The number of nitrogens with two attached hydrogens (primary N) is 1. The van der Waals surface area contributed by atoms with Gasteiger partial charge in [-0.15, -0.1) is 0 Å². The second kappa shape index (κ2) is 4.15. The maximum Gasteiger partial charge on any atom is 0.0856 e. The zero-order valence-electron chi connectivity index (χ0n) is 5.18. The Kier molecular flexibility index (Phi) is 4.28. The van der Waals surface area contributed by atoms with Gasteiger partial charge in [-0.1, -0.05) is 19.1 Å². The summed E-state index contributed by atoms with van der Waals surface area (Å²) < 4.78 is 0. The van der Waals surface area contributed by atoms with Gasteiger partial charge in [-0.25, -0.2) is 0 Å². The number of hydrogen-bond acceptors (Lipinski definition) is 2. The van der Waals surface area contributed by atoms with Crippen LogP contribution in [0.1, 0.15) is 13.8 Å². The van der Waals surface area contributed by atoms with Gasteiger partial charge in [0, 0.05) is 0 Å². The Morgan fingerprint density at radius 3 is 2.50 bits per heavy atom. The van der Waals surface area contributed by atoms with Gasteiger partial charge in [0.2, 0.25) is 0 Å². The first-order chi connectivity index (χ1) is 3.68. The maximum atomic E-state index is 5.33. The molecule has 0 aromatic carbocycles. The molecule has 0 fully saturated rings. The second-order valence-electron chi connectivity index (χ2n) is 1.50. The molecule has 0 bridgehead atoms. The lowest BCUT2D eigenvalue weighted by Crippen LogP contribution is -2.20. The van der Waals surface area contributed by atoms with E-state index in [2.05, 4.69) is 6.92 Å². The molecule has 0 aliphatic rings. The van der Waals surface area contributed by atoms with Gasteiger partial charge in [0.25, 0.3) is 0 Å². The van der Waals surface area contributed by atoms with Crippen molar-refractivity contribution in [3.8, 4) is 0 Å². The van der Waals surface area contributed by atoms with Crippen LogP contribution in [0.4, 0.5) is 0 Å². The molecule has 1 nitrogen and oxygen atoms in total. The Bertz CT molecular complexity index is 82.5. The lowest BCUT2D eigenvalue weighted by atomic mass is 10.5. The predicted molar refractivity (Wildman–Crippen MR) is 44.4 cm³/mol. The summed E-state index contributed by atoms with van der Waals surface area (Å²) >= 11 is 6.51. The molecule has 0 saturated heterocycles. The molecule has 1 unspecified atom stereocenters. The summed E-state index contributed by atoms with van der Waals surface area (Å²) in [6.07, 6.45) is 0. The number of thiocarbonyl (C=S) groups is 1. The zero-order chi connectivity index (χ0) is 6.57. The standard InChI is InChI=1S/C5H11NS2/c1-3-8-4(2)5(6)7/h4H,3H2,1-2H3,(H2,6,7). The van der Waals surface area contributed by atoms with Crippen molar-refractivity contribution in [2.24, 2.45) is 5.73 Å². The van der Waals surface area contributed by atoms with Crippen molar-refractivity contribution in [1.82, 2.24) is 0 Å². The molecule has 0 spiro atoms. The van der Waals surface area contributed by atoms with Gasteiger partial charge in [0.1, 0.15) is 0 Å². The fraction of sp³-hybridized carbons (Fsp3) is 0.800. The van der Waals surface area contributed by atoms with Gasteiger partial charge in [-0.05, 0) is 12.7 Å². The molecule has 0 saturated carbocycles. The van der Waals surface area contributed by atoms with Crippen LogP contribution in [0, 0.1) is 0 Å². The molecule has 0 rings (SSSR count). The van der Waals surface area contributed by atoms with E-state index in [1.807, 2.05) is 6.92 Å². The second-order valence-corrected chi connectivity index (χ2v) is 3.59. The normalized spacial score (nSPS) is 13.2. The van der Waals surface area contributed by atoms with Gasteiger partial charge < -0.3 is 5.73 Å². The van der Waals surface area contributed by atoms with Crippen molar-refractivity contribution in [3.63, 3.8) is 0 Å². The first-order valence-electron chi connectivity index (χ1n) is 2.59. The number of hydrogen-bond donors (Lipinski definition) is 1. The molecular formula is C5H11NS2. The van der Waals surface area contributed by atoms with Crippen LogP contribution < -0.4 is 5.73 Å². The van der Waals surface area contributed by atoms with E-state index in [1.54, 1.807) is 11.8 Å². The number of thioether (sulfide) groups is 1. The summed E-state index contributed by atoms with van der Waals surface area (Å²) in [5, 5.41) is 0.343. The average Bonchev–Trinajstić information content (AvgIpc) is 1.67. The third-order valence-corrected chi connectivity index (χ3v) is 2.41. The molecule has 0 aromatic rings. The zero-order valence-corrected chi connectivity index (χ0v) is 6.81. The monoisotopic (exact) mass is 149 g/mol. The molecule has 0 aromatic heterocycles. The summed E-state index contributed by atoms with van der Waals surface area (Å²) in [5.41, 5.74) is 5.33. The molecule has 48 valence electrons. The Morgan fingerprint density at radius 2 is 2.38 bits per heavy atom. The van der Waals surface area contributed by atoms with Crippen molar-refractivity contribution >= 4 is 29.0 Å². The molecule has 3 heteroatoms. The molecular weight excluding hydrogens is 138 g/mol. The largest absolute Gasteiger partial charge is 0.392 e. The molecule has 0 aliphatic carbocycles. The molecule has 0 amide bonds. The van der Waals surface area contributed by atoms with E-state index in [1.165, 1.54) is 0 Å². The minimum Gasteiger partial charge on any atom is -0.392 e. The highest BCUT2D eigenvalue weighted by atomic mass is 32.2. The van der Waals surface area contributed by atoms with Crippen LogP contribution in [0.3, 0.4) is 0 Å². The Hall–Kier alpha value is 0.240. The maximum absolute atomic E-state index is 5.33. The first kappa shape index (κ1) is 8.24. The van der Waals surface area contributed by atoms with Crippen LogP contribution in [0.15, 0.2) is 0 Å². The quantitative estimate of drug-likeness (QED) is 0.614. The van der Waals surface area contributed by atoms with Crippen LogP contribution in [-0.2, 0) is 0 Å². The molecule has 0 aliphatic heterocycles. The van der Waals surface area contributed by atoms with Gasteiger partial charge in [-0.2, -0.15) is 11.8 Å². The van der Waals surface area contributed by atoms with E-state index in [0.717, 1.165) is 5.75 Å². The van der Waals surface area contributed by atoms with E-state index < -0.39 is 0 Å². The summed E-state index contributed by atoms with van der Waals surface area (Å²) in [5.74, 6) is 1.08. The van der Waals surface area contributed by atoms with Crippen LogP contribution in [0.25, 0.3) is 0 Å². The van der Waals surface area contributed by atoms with Gasteiger partial charge in [-0.3, -0.25) is 0 Å². The molecule has 1 atom stereocenters. The van der Waals surface area contributed by atoms with Gasteiger partial charge in [0.05, 0.1) is 10.2 Å². The molecule has 0 heterocycles. The van der Waals surface area contributed by atoms with Crippen LogP contribution >= 0.6 is 24.0 Å². The highest BCUT2D eigenvalue weighted by Crippen LogP contribution is 2.08. The van der Waals surface area contributed by atoms with Crippen molar-refractivity contribution in [2.45, 2.75) is 19.1 Å². The van der Waals surface area contributed by atoms with Crippen molar-refractivity contribution < 1.29 is 0 Å².